The zero-order valence-corrected chi connectivity index (χ0v) is 24.4. The molecule has 37 heavy (non-hydrogen) atoms. The number of alkyl halides is 1. The Hall–Kier alpha value is -2.94. The van der Waals surface area contributed by atoms with E-state index in [4.69, 9.17) is 0 Å². The second-order valence-corrected chi connectivity index (χ2v) is 9.97. The lowest BCUT2D eigenvalue weighted by Crippen LogP contribution is -2.31. The van der Waals surface area contributed by atoms with Crippen LogP contribution in [0.1, 0.15) is 85.3 Å². The van der Waals surface area contributed by atoms with Crippen LogP contribution < -0.4 is 4.57 Å². The second kappa shape index (κ2) is 14.7. The Morgan fingerprint density at radius 3 is 2.27 bits per heavy atom. The first-order valence-electron chi connectivity index (χ1n) is 14.0. The molecule has 0 amide bonds. The van der Waals surface area contributed by atoms with Crippen LogP contribution in [-0.4, -0.2) is 11.2 Å². The Bertz CT molecular complexity index is 1170. The highest BCUT2D eigenvalue weighted by molar-refractivity contribution is 5.80. The van der Waals surface area contributed by atoms with Gasteiger partial charge in [0.05, 0.1) is 19.2 Å². The van der Waals surface area contributed by atoms with Gasteiger partial charge in [-0.05, 0) is 78.9 Å². The molecule has 2 nitrogen and oxygen atoms in total. The normalized spacial score (nSPS) is 13.9. The maximum absolute atomic E-state index is 13.7. The molecule has 0 aliphatic heterocycles. The molecule has 2 aromatic carbocycles. The molecule has 0 radical (unpaired) electrons. The first-order chi connectivity index (χ1) is 17.9. The average molecular weight is 504 g/mol. The highest BCUT2D eigenvalue weighted by Gasteiger charge is 2.30. The van der Waals surface area contributed by atoms with Gasteiger partial charge in [0, 0.05) is 0 Å². The van der Waals surface area contributed by atoms with Crippen molar-refractivity contribution in [3.8, 4) is 11.4 Å². The van der Waals surface area contributed by atoms with E-state index in [0.29, 0.717) is 0 Å². The quantitative estimate of drug-likeness (QED) is 0.182. The fraction of sp³-hybridized carbons (Fsp3) is 0.441. The molecule has 1 aromatic heterocycles. The lowest BCUT2D eigenvalue weighted by atomic mass is 9.74. The summed E-state index contributed by atoms with van der Waals surface area (Å²) < 4.78 is 18.3. The average Bonchev–Trinajstić information content (AvgIpc) is 3.30. The van der Waals surface area contributed by atoms with E-state index >= 15 is 0 Å². The molecular formula is C34H48FN2+. The van der Waals surface area contributed by atoms with Crippen molar-refractivity contribution in [2.24, 2.45) is 7.05 Å². The molecule has 0 spiro atoms. The largest absolute Gasteiger partial charge is 0.288 e. The minimum atomic E-state index is -0.427. The summed E-state index contributed by atoms with van der Waals surface area (Å²) in [7, 11) is 2.14. The Labute approximate surface area is 225 Å². The number of allylic oxidation sites excluding steroid dienone is 4. The van der Waals surface area contributed by atoms with Crippen LogP contribution in [0.4, 0.5) is 4.39 Å². The summed E-state index contributed by atoms with van der Waals surface area (Å²) in [6, 6.07) is 19.1. The summed E-state index contributed by atoms with van der Waals surface area (Å²) in [5, 5.41) is 0. The van der Waals surface area contributed by atoms with E-state index in [0.717, 1.165) is 54.5 Å². The van der Waals surface area contributed by atoms with E-state index in [-0.39, 0.29) is 5.41 Å². The molecule has 1 heterocycles. The SMILES string of the molecule is CC.CCCn1cc[n+](C)c1-c1ccccc1C(C)(CC)CC/C=C(C)\C(=C(\C)CF)c1ccccc1. The lowest BCUT2D eigenvalue weighted by molar-refractivity contribution is -0.659. The zero-order chi connectivity index (χ0) is 27.4. The van der Waals surface area contributed by atoms with Crippen molar-refractivity contribution in [1.82, 2.24) is 4.57 Å². The van der Waals surface area contributed by atoms with Crippen molar-refractivity contribution in [3.63, 3.8) is 0 Å². The highest BCUT2D eigenvalue weighted by atomic mass is 19.1. The first kappa shape index (κ1) is 30.3. The summed E-state index contributed by atoms with van der Waals surface area (Å²) in [4.78, 5) is 0. The Morgan fingerprint density at radius 2 is 1.65 bits per heavy atom. The Kier molecular flexibility index (Phi) is 12.0. The number of benzene rings is 2. The maximum Gasteiger partial charge on any atom is 0.288 e. The van der Waals surface area contributed by atoms with Gasteiger partial charge in [-0.25, -0.2) is 13.5 Å². The van der Waals surface area contributed by atoms with Crippen LogP contribution in [0.3, 0.4) is 0 Å². The van der Waals surface area contributed by atoms with Gasteiger partial charge in [-0.1, -0.05) is 89.2 Å². The number of nitrogens with zero attached hydrogens (tertiary/aromatic N) is 2. The van der Waals surface area contributed by atoms with E-state index in [9.17, 15) is 4.39 Å². The van der Waals surface area contributed by atoms with Gasteiger partial charge < -0.3 is 0 Å². The summed E-state index contributed by atoms with van der Waals surface area (Å²) in [5.74, 6) is 1.27. The van der Waals surface area contributed by atoms with Gasteiger partial charge in [-0.2, -0.15) is 0 Å². The summed E-state index contributed by atoms with van der Waals surface area (Å²) >= 11 is 0. The zero-order valence-electron chi connectivity index (χ0n) is 24.4. The predicted octanol–water partition coefficient (Wildman–Crippen LogP) is 9.25. The fourth-order valence-electron chi connectivity index (χ4n) is 5.19. The molecule has 0 saturated carbocycles. The molecule has 3 heteroatoms. The number of hydrogen-bond donors (Lipinski definition) is 0. The van der Waals surface area contributed by atoms with E-state index in [1.807, 2.05) is 39.0 Å². The molecular weight excluding hydrogens is 455 g/mol. The monoisotopic (exact) mass is 503 g/mol. The molecule has 0 aliphatic carbocycles. The van der Waals surface area contributed by atoms with Gasteiger partial charge in [0.15, 0.2) is 0 Å². The number of halogens is 1. The number of hydrogen-bond acceptors (Lipinski definition) is 0. The van der Waals surface area contributed by atoms with Crippen molar-refractivity contribution in [1.29, 1.82) is 0 Å². The molecule has 3 aromatic rings. The third-order valence-electron chi connectivity index (χ3n) is 7.37. The van der Waals surface area contributed by atoms with E-state index in [1.165, 1.54) is 17.0 Å². The van der Waals surface area contributed by atoms with Gasteiger partial charge in [0.1, 0.15) is 19.1 Å². The third-order valence-corrected chi connectivity index (χ3v) is 7.37. The molecule has 0 fully saturated rings. The Morgan fingerprint density at radius 1 is 1.00 bits per heavy atom. The standard InChI is InChI=1S/C32H42FN2.C2H6/c1-7-21-35-23-22-34(6)31(35)28-18-12-13-19-29(28)32(5,8-2)20-14-15-25(3)30(26(4)24-33)27-16-10-9-11-17-27;1-2/h9-13,15-19,22-23H,7-8,14,20-21,24H2,1-6H3;1-2H3/q+1;/b25-15-,30-26+;. The maximum atomic E-state index is 13.7. The lowest BCUT2D eigenvalue weighted by Gasteiger charge is -2.30. The van der Waals surface area contributed by atoms with Crippen molar-refractivity contribution >= 4 is 5.57 Å². The molecule has 0 saturated heterocycles. The van der Waals surface area contributed by atoms with Crippen molar-refractivity contribution in [2.45, 2.75) is 86.1 Å². The molecule has 3 rings (SSSR count). The van der Waals surface area contributed by atoms with Gasteiger partial charge in [0.2, 0.25) is 0 Å². The first-order valence-corrected chi connectivity index (χ1v) is 14.0. The van der Waals surface area contributed by atoms with Crippen LogP contribution in [-0.2, 0) is 19.0 Å². The van der Waals surface area contributed by atoms with Crippen molar-refractivity contribution in [3.05, 3.63) is 95.3 Å². The minimum Gasteiger partial charge on any atom is -0.246 e. The molecule has 200 valence electrons. The summed E-state index contributed by atoms with van der Waals surface area (Å²) in [6.45, 7) is 15.5. The number of imidazole rings is 1. The van der Waals surface area contributed by atoms with Crippen LogP contribution in [0.15, 0.2) is 84.2 Å². The second-order valence-electron chi connectivity index (χ2n) is 9.97. The van der Waals surface area contributed by atoms with Crippen LogP contribution in [0.25, 0.3) is 17.0 Å². The van der Waals surface area contributed by atoms with Gasteiger partial charge >= 0.3 is 0 Å². The topological polar surface area (TPSA) is 8.81 Å². The van der Waals surface area contributed by atoms with E-state index in [2.05, 4.69) is 98.7 Å². The van der Waals surface area contributed by atoms with Crippen LogP contribution in [0.5, 0.6) is 0 Å². The van der Waals surface area contributed by atoms with E-state index in [1.54, 1.807) is 0 Å². The van der Waals surface area contributed by atoms with Crippen molar-refractivity contribution < 1.29 is 8.96 Å². The summed E-state index contributed by atoms with van der Waals surface area (Å²) in [5.41, 5.74) is 6.82. The van der Waals surface area contributed by atoms with Crippen LogP contribution in [0.2, 0.25) is 0 Å². The number of rotatable bonds is 11. The molecule has 0 N–H and O–H groups in total. The van der Waals surface area contributed by atoms with Crippen LogP contribution in [0, 0.1) is 0 Å². The van der Waals surface area contributed by atoms with E-state index < -0.39 is 6.67 Å². The minimum absolute atomic E-state index is 0.0352. The molecule has 1 unspecified atom stereocenters. The molecule has 0 aliphatic rings. The fourth-order valence-corrected chi connectivity index (χ4v) is 5.19. The van der Waals surface area contributed by atoms with Crippen LogP contribution >= 0.6 is 0 Å². The highest BCUT2D eigenvalue weighted by Crippen LogP contribution is 2.39. The third kappa shape index (κ3) is 7.31. The Balaban J connectivity index is 0.00000235. The smallest absolute Gasteiger partial charge is 0.246 e. The van der Waals surface area contributed by atoms with Crippen molar-refractivity contribution in [2.75, 3.05) is 6.67 Å². The molecule has 0 bridgehead atoms. The predicted molar refractivity (Wildman–Crippen MR) is 158 cm³/mol. The summed E-state index contributed by atoms with van der Waals surface area (Å²) in [6.07, 6.45) is 10.8. The number of aryl methyl sites for hydroxylation is 2. The number of aromatic nitrogens is 2. The van der Waals surface area contributed by atoms with Gasteiger partial charge in [-0.15, -0.1) is 0 Å². The molecule has 1 atom stereocenters. The van der Waals surface area contributed by atoms with Gasteiger partial charge in [0.25, 0.3) is 5.82 Å². The van der Waals surface area contributed by atoms with Gasteiger partial charge in [-0.3, -0.25) is 0 Å².